The summed E-state index contributed by atoms with van der Waals surface area (Å²) in [6, 6.07) is 12.3. The van der Waals surface area contributed by atoms with Crippen molar-refractivity contribution in [1.29, 1.82) is 0 Å². The van der Waals surface area contributed by atoms with Crippen molar-refractivity contribution in [3.63, 3.8) is 0 Å². The van der Waals surface area contributed by atoms with Gasteiger partial charge in [0.15, 0.2) is 0 Å². The smallest absolute Gasteiger partial charge is 0.273 e. The fourth-order valence-corrected chi connectivity index (χ4v) is 6.19. The van der Waals surface area contributed by atoms with Gasteiger partial charge in [0.25, 0.3) is 5.91 Å². The Morgan fingerprint density at radius 3 is 2.85 bits per heavy atom. The van der Waals surface area contributed by atoms with Crippen LogP contribution in [-0.4, -0.2) is 52.4 Å². The van der Waals surface area contributed by atoms with Crippen LogP contribution in [0.4, 0.5) is 0 Å². The molecule has 4 heterocycles. The first-order chi connectivity index (χ1) is 13.3. The molecule has 3 saturated heterocycles. The molecular formula is C22H27N3OS. The number of piperidine rings is 3. The maximum absolute atomic E-state index is 12.8. The summed E-state index contributed by atoms with van der Waals surface area (Å²) < 4.78 is 0. The first-order valence-electron chi connectivity index (χ1n) is 10.2. The van der Waals surface area contributed by atoms with Crippen molar-refractivity contribution in [3.8, 4) is 0 Å². The normalized spacial score (nSPS) is 30.7. The molecule has 0 saturated carbocycles. The van der Waals surface area contributed by atoms with Crippen LogP contribution in [0.1, 0.15) is 41.7 Å². The van der Waals surface area contributed by atoms with Gasteiger partial charge in [0.1, 0.15) is 5.69 Å². The van der Waals surface area contributed by atoms with Crippen molar-refractivity contribution in [2.24, 2.45) is 11.8 Å². The number of fused-ring (bicyclic) bond motifs is 4. The number of benzene rings is 1. The van der Waals surface area contributed by atoms with Gasteiger partial charge in [-0.2, -0.15) is 0 Å². The number of carbonyl (C=O) groups is 1. The zero-order chi connectivity index (χ0) is 18.2. The number of hydrogen-bond donors (Lipinski definition) is 0. The minimum atomic E-state index is 0.135. The predicted octanol–water partition coefficient (Wildman–Crippen LogP) is 3.70. The molecule has 1 aromatic carbocycles. The number of thiazole rings is 1. The second-order valence-corrected chi connectivity index (χ2v) is 9.20. The van der Waals surface area contributed by atoms with Crippen molar-refractivity contribution in [2.45, 2.75) is 44.2 Å². The molecule has 3 aliphatic heterocycles. The van der Waals surface area contributed by atoms with E-state index in [1.807, 2.05) is 5.38 Å². The Kier molecular flexibility index (Phi) is 4.74. The molecule has 5 rings (SSSR count). The fraction of sp³-hybridized carbons (Fsp3) is 0.545. The van der Waals surface area contributed by atoms with E-state index in [-0.39, 0.29) is 5.91 Å². The third-order valence-electron chi connectivity index (χ3n) is 6.77. The molecule has 2 bridgehead atoms. The van der Waals surface area contributed by atoms with E-state index in [1.54, 1.807) is 5.51 Å². The summed E-state index contributed by atoms with van der Waals surface area (Å²) in [6.07, 6.45) is 6.38. The zero-order valence-electron chi connectivity index (χ0n) is 15.7. The molecule has 0 radical (unpaired) electrons. The largest absolute Gasteiger partial charge is 0.337 e. The van der Waals surface area contributed by atoms with Crippen LogP contribution in [0.15, 0.2) is 41.2 Å². The number of hydrogen-bond acceptors (Lipinski definition) is 4. The van der Waals surface area contributed by atoms with Crippen molar-refractivity contribution in [2.75, 3.05) is 19.6 Å². The van der Waals surface area contributed by atoms with Gasteiger partial charge in [0, 0.05) is 37.1 Å². The molecule has 0 spiro atoms. The van der Waals surface area contributed by atoms with Crippen LogP contribution in [0.25, 0.3) is 0 Å². The molecule has 0 N–H and O–H groups in total. The molecule has 4 atom stereocenters. The van der Waals surface area contributed by atoms with E-state index >= 15 is 0 Å². The van der Waals surface area contributed by atoms with E-state index in [1.165, 1.54) is 42.6 Å². The van der Waals surface area contributed by atoms with Crippen molar-refractivity contribution < 1.29 is 4.79 Å². The molecule has 1 amide bonds. The summed E-state index contributed by atoms with van der Waals surface area (Å²) in [5.41, 5.74) is 3.84. The quantitative estimate of drug-likeness (QED) is 0.813. The third-order valence-corrected chi connectivity index (χ3v) is 7.35. The maximum Gasteiger partial charge on any atom is 0.273 e. The zero-order valence-corrected chi connectivity index (χ0v) is 16.5. The predicted molar refractivity (Wildman–Crippen MR) is 108 cm³/mol. The van der Waals surface area contributed by atoms with Gasteiger partial charge in [-0.25, -0.2) is 4.98 Å². The van der Waals surface area contributed by atoms with Crippen LogP contribution >= 0.6 is 11.3 Å². The highest BCUT2D eigenvalue weighted by molar-refractivity contribution is 7.07. The van der Waals surface area contributed by atoms with Crippen molar-refractivity contribution in [3.05, 3.63) is 52.5 Å². The third kappa shape index (κ3) is 3.43. The van der Waals surface area contributed by atoms with Gasteiger partial charge in [0.2, 0.25) is 0 Å². The summed E-state index contributed by atoms with van der Waals surface area (Å²) in [4.78, 5) is 22.0. The number of nitrogens with zero attached hydrogens (tertiary/aromatic N) is 3. The van der Waals surface area contributed by atoms with Crippen molar-refractivity contribution in [1.82, 2.24) is 14.8 Å². The highest BCUT2D eigenvalue weighted by Gasteiger charge is 2.45. The molecule has 142 valence electrons. The molecule has 0 unspecified atom stereocenters. The maximum atomic E-state index is 12.8. The van der Waals surface area contributed by atoms with Crippen LogP contribution in [0.2, 0.25) is 0 Å². The number of carbonyl (C=O) groups excluding carboxylic acids is 1. The Morgan fingerprint density at radius 2 is 2.04 bits per heavy atom. The number of likely N-dealkylation sites (tertiary alicyclic amines) is 1. The Morgan fingerprint density at radius 1 is 1.15 bits per heavy atom. The lowest BCUT2D eigenvalue weighted by Gasteiger charge is -2.55. The highest BCUT2D eigenvalue weighted by atomic mass is 32.1. The lowest BCUT2D eigenvalue weighted by Crippen LogP contribution is -2.62. The lowest BCUT2D eigenvalue weighted by atomic mass is 9.74. The van der Waals surface area contributed by atoms with Crippen LogP contribution in [0.3, 0.4) is 0 Å². The molecule has 2 aromatic rings. The summed E-state index contributed by atoms with van der Waals surface area (Å²) >= 11 is 1.51. The van der Waals surface area contributed by atoms with E-state index in [4.69, 9.17) is 0 Å². The van der Waals surface area contributed by atoms with Gasteiger partial charge in [-0.3, -0.25) is 9.69 Å². The van der Waals surface area contributed by atoms with E-state index in [0.29, 0.717) is 29.6 Å². The molecule has 3 fully saturated rings. The van der Waals surface area contributed by atoms with Crippen molar-refractivity contribution >= 4 is 17.2 Å². The van der Waals surface area contributed by atoms with Crippen LogP contribution in [-0.2, 0) is 6.42 Å². The van der Waals surface area contributed by atoms with Gasteiger partial charge < -0.3 is 4.90 Å². The number of aromatic nitrogens is 1. The Bertz CT molecular complexity index is 778. The average Bonchev–Trinajstić information content (AvgIpc) is 3.23. The van der Waals surface area contributed by atoms with E-state index in [2.05, 4.69) is 45.1 Å². The average molecular weight is 382 g/mol. The lowest BCUT2D eigenvalue weighted by molar-refractivity contribution is -0.0499. The number of amides is 1. The summed E-state index contributed by atoms with van der Waals surface area (Å²) in [6.45, 7) is 2.96. The van der Waals surface area contributed by atoms with E-state index in [0.717, 1.165) is 26.1 Å². The molecule has 27 heavy (non-hydrogen) atoms. The molecule has 4 nitrogen and oxygen atoms in total. The van der Waals surface area contributed by atoms with E-state index < -0.39 is 0 Å². The van der Waals surface area contributed by atoms with Crippen LogP contribution < -0.4 is 0 Å². The number of rotatable bonds is 3. The summed E-state index contributed by atoms with van der Waals surface area (Å²) in [5, 5.41) is 1.88. The Balaban J connectivity index is 1.31. The minimum absolute atomic E-state index is 0.135. The summed E-state index contributed by atoms with van der Waals surface area (Å²) in [5.74, 6) is 1.37. The second kappa shape index (κ2) is 7.36. The minimum Gasteiger partial charge on any atom is -0.337 e. The van der Waals surface area contributed by atoms with Gasteiger partial charge in [0.05, 0.1) is 5.51 Å². The molecule has 0 aliphatic carbocycles. The summed E-state index contributed by atoms with van der Waals surface area (Å²) in [7, 11) is 0. The van der Waals surface area contributed by atoms with Crippen LogP contribution in [0, 0.1) is 11.8 Å². The second-order valence-electron chi connectivity index (χ2n) is 8.48. The molecule has 5 heteroatoms. The van der Waals surface area contributed by atoms with Gasteiger partial charge in [-0.1, -0.05) is 36.8 Å². The van der Waals surface area contributed by atoms with Gasteiger partial charge >= 0.3 is 0 Å². The first-order valence-corrected chi connectivity index (χ1v) is 11.2. The molecule has 3 aliphatic rings. The first kappa shape index (κ1) is 17.4. The highest BCUT2D eigenvalue weighted by Crippen LogP contribution is 2.40. The SMILES string of the molecule is O=C(c1cscn1)N1C[C@@H]2C[C@H](C1)[C@@H]1CCC[C@H](Cc3ccccc3)N1C2. The Labute approximate surface area is 165 Å². The Hall–Kier alpha value is -1.72. The van der Waals surface area contributed by atoms with Gasteiger partial charge in [-0.15, -0.1) is 11.3 Å². The fourth-order valence-electron chi connectivity index (χ4n) is 5.66. The van der Waals surface area contributed by atoms with Crippen LogP contribution in [0.5, 0.6) is 0 Å². The van der Waals surface area contributed by atoms with Gasteiger partial charge in [-0.05, 0) is 43.1 Å². The van der Waals surface area contributed by atoms with E-state index in [9.17, 15) is 4.79 Å². The molecular weight excluding hydrogens is 354 g/mol. The standard InChI is InChI=1S/C22H27N3OS/c26-22(20-14-27-15-23-20)24-11-17-9-18(13-24)21-8-4-7-19(25(21)12-17)10-16-5-2-1-3-6-16/h1-3,5-6,14-15,17-19,21H,4,7-13H2/t17-,18+,19+,21-/m0/s1. The molecule has 1 aromatic heterocycles. The monoisotopic (exact) mass is 381 g/mol. The topological polar surface area (TPSA) is 36.4 Å².